The molecule has 0 spiro atoms. The molecule has 0 heterocycles. The third-order valence-corrected chi connectivity index (χ3v) is 2.68. The van der Waals surface area contributed by atoms with E-state index in [4.69, 9.17) is 29.6 Å². The van der Waals surface area contributed by atoms with Gasteiger partial charge < -0.3 is 4.74 Å². The number of hydrogen-bond acceptors (Lipinski definition) is 3. The lowest BCUT2D eigenvalue weighted by atomic mass is 10.1. The number of nitrogens with one attached hydrogen (secondary N) is 1. The van der Waals surface area contributed by atoms with Crippen LogP contribution in [-0.2, 0) is 9.53 Å². The molecular formula is C12H11Cl2NO2. The van der Waals surface area contributed by atoms with Crippen molar-refractivity contribution >= 4 is 29.2 Å². The summed E-state index contributed by atoms with van der Waals surface area (Å²) in [5.41, 5.74) is 0.582. The topological polar surface area (TPSA) is 38.3 Å². The smallest absolute Gasteiger partial charge is 0.327 e. The Morgan fingerprint density at radius 2 is 2.29 bits per heavy atom. The van der Waals surface area contributed by atoms with Crippen molar-refractivity contribution < 1.29 is 9.53 Å². The zero-order chi connectivity index (χ0) is 12.8. The average Bonchev–Trinajstić information content (AvgIpc) is 2.31. The predicted octanol–water partition coefficient (Wildman–Crippen LogP) is 2.43. The van der Waals surface area contributed by atoms with E-state index >= 15 is 0 Å². The highest BCUT2D eigenvalue weighted by molar-refractivity contribution is 6.35. The van der Waals surface area contributed by atoms with Crippen LogP contribution in [0.3, 0.4) is 0 Å². The van der Waals surface area contributed by atoms with Gasteiger partial charge in [0.2, 0.25) is 0 Å². The van der Waals surface area contributed by atoms with Crippen molar-refractivity contribution in [3.05, 3.63) is 33.8 Å². The molecule has 0 aromatic heterocycles. The number of terminal acetylenes is 1. The maximum absolute atomic E-state index is 11.6. The van der Waals surface area contributed by atoms with Crippen molar-refractivity contribution in [1.29, 1.82) is 0 Å². The van der Waals surface area contributed by atoms with Crippen molar-refractivity contribution in [2.75, 3.05) is 13.7 Å². The normalized spacial score (nSPS) is 11.6. The second kappa shape index (κ2) is 6.51. The molecule has 0 saturated heterocycles. The molecule has 0 aliphatic carbocycles. The molecule has 0 amide bonds. The van der Waals surface area contributed by atoms with Crippen molar-refractivity contribution in [3.63, 3.8) is 0 Å². The predicted molar refractivity (Wildman–Crippen MR) is 68.1 cm³/mol. The molecule has 1 atom stereocenters. The van der Waals surface area contributed by atoms with E-state index in [0.717, 1.165) is 0 Å². The Morgan fingerprint density at radius 3 is 2.82 bits per heavy atom. The molecule has 0 aliphatic rings. The maximum Gasteiger partial charge on any atom is 0.327 e. The summed E-state index contributed by atoms with van der Waals surface area (Å²) >= 11 is 11.8. The van der Waals surface area contributed by atoms with Crippen LogP contribution < -0.4 is 5.32 Å². The fraction of sp³-hybridized carbons (Fsp3) is 0.250. The minimum Gasteiger partial charge on any atom is -0.468 e. The van der Waals surface area contributed by atoms with Gasteiger partial charge in [-0.05, 0) is 17.7 Å². The SMILES string of the molecule is C#CCNC(C(=O)OC)c1ccc(Cl)cc1Cl. The molecule has 17 heavy (non-hydrogen) atoms. The molecular weight excluding hydrogens is 261 g/mol. The Kier molecular flexibility index (Phi) is 5.30. The van der Waals surface area contributed by atoms with E-state index in [1.54, 1.807) is 18.2 Å². The van der Waals surface area contributed by atoms with Gasteiger partial charge in [0.25, 0.3) is 0 Å². The zero-order valence-corrected chi connectivity index (χ0v) is 10.7. The average molecular weight is 272 g/mol. The molecule has 1 unspecified atom stereocenters. The van der Waals surface area contributed by atoms with Crippen LogP contribution in [0.5, 0.6) is 0 Å². The van der Waals surface area contributed by atoms with E-state index < -0.39 is 12.0 Å². The van der Waals surface area contributed by atoms with E-state index in [1.165, 1.54) is 7.11 Å². The van der Waals surface area contributed by atoms with E-state index in [1.807, 2.05) is 0 Å². The first-order valence-electron chi connectivity index (χ1n) is 4.79. The minimum atomic E-state index is -0.694. The molecule has 3 nitrogen and oxygen atoms in total. The van der Waals surface area contributed by atoms with Gasteiger partial charge in [-0.3, -0.25) is 5.32 Å². The Labute approximate surface area is 110 Å². The van der Waals surface area contributed by atoms with Crippen LogP contribution in [0.25, 0.3) is 0 Å². The van der Waals surface area contributed by atoms with Crippen molar-refractivity contribution in [2.45, 2.75) is 6.04 Å². The van der Waals surface area contributed by atoms with Gasteiger partial charge in [-0.15, -0.1) is 6.42 Å². The summed E-state index contributed by atoms with van der Waals surface area (Å²) in [5, 5.41) is 3.74. The highest BCUT2D eigenvalue weighted by Crippen LogP contribution is 2.26. The van der Waals surface area contributed by atoms with Crippen LogP contribution in [0, 0.1) is 12.3 Å². The molecule has 0 saturated carbocycles. The number of carbonyl (C=O) groups excluding carboxylic acids is 1. The molecule has 1 rings (SSSR count). The number of methoxy groups -OCH3 is 1. The minimum absolute atomic E-state index is 0.235. The molecule has 0 fully saturated rings. The van der Waals surface area contributed by atoms with E-state index in [2.05, 4.69) is 16.0 Å². The fourth-order valence-electron chi connectivity index (χ4n) is 1.33. The van der Waals surface area contributed by atoms with Crippen molar-refractivity contribution in [1.82, 2.24) is 5.32 Å². The van der Waals surface area contributed by atoms with Crippen LogP contribution in [0.4, 0.5) is 0 Å². The first kappa shape index (κ1) is 13.9. The van der Waals surface area contributed by atoms with Gasteiger partial charge in [-0.2, -0.15) is 0 Å². The lowest BCUT2D eigenvalue weighted by molar-refractivity contribution is -0.143. The number of esters is 1. The van der Waals surface area contributed by atoms with Crippen LogP contribution in [-0.4, -0.2) is 19.6 Å². The van der Waals surface area contributed by atoms with Crippen LogP contribution in [0.2, 0.25) is 10.0 Å². The highest BCUT2D eigenvalue weighted by atomic mass is 35.5. The second-order valence-electron chi connectivity index (χ2n) is 3.21. The molecule has 0 radical (unpaired) electrons. The number of benzene rings is 1. The summed E-state index contributed by atoms with van der Waals surface area (Å²) < 4.78 is 4.69. The van der Waals surface area contributed by atoms with Crippen molar-refractivity contribution in [3.8, 4) is 12.3 Å². The Balaban J connectivity index is 3.04. The fourth-order valence-corrected chi connectivity index (χ4v) is 1.85. The van der Waals surface area contributed by atoms with Crippen LogP contribution >= 0.6 is 23.2 Å². The van der Waals surface area contributed by atoms with Gasteiger partial charge in [0.05, 0.1) is 13.7 Å². The quantitative estimate of drug-likeness (QED) is 0.675. The summed E-state index contributed by atoms with van der Waals surface area (Å²) in [6, 6.07) is 4.18. The number of carbonyl (C=O) groups is 1. The molecule has 0 aliphatic heterocycles. The largest absolute Gasteiger partial charge is 0.468 e. The lowest BCUT2D eigenvalue weighted by Gasteiger charge is -2.16. The highest BCUT2D eigenvalue weighted by Gasteiger charge is 2.22. The number of rotatable bonds is 4. The molecule has 90 valence electrons. The summed E-state index contributed by atoms with van der Waals surface area (Å²) in [6.45, 7) is 0.235. The number of hydrogen-bond donors (Lipinski definition) is 1. The lowest BCUT2D eigenvalue weighted by Crippen LogP contribution is -2.30. The van der Waals surface area contributed by atoms with Gasteiger partial charge in [0.1, 0.15) is 6.04 Å². The third-order valence-electron chi connectivity index (χ3n) is 2.12. The summed E-state index contributed by atoms with van der Waals surface area (Å²) in [7, 11) is 1.30. The second-order valence-corrected chi connectivity index (χ2v) is 4.05. The molecule has 0 bridgehead atoms. The van der Waals surface area contributed by atoms with Crippen molar-refractivity contribution in [2.24, 2.45) is 0 Å². The molecule has 1 aromatic rings. The zero-order valence-electron chi connectivity index (χ0n) is 9.17. The molecule has 1 N–H and O–H groups in total. The Hall–Kier alpha value is -1.21. The summed E-state index contributed by atoms with van der Waals surface area (Å²) in [6.07, 6.45) is 5.14. The van der Waals surface area contributed by atoms with Gasteiger partial charge in [0, 0.05) is 10.0 Å². The number of ether oxygens (including phenoxy) is 1. The summed E-state index contributed by atoms with van der Waals surface area (Å²) in [4.78, 5) is 11.6. The first-order valence-corrected chi connectivity index (χ1v) is 5.55. The van der Waals surface area contributed by atoms with Gasteiger partial charge in [-0.1, -0.05) is 35.2 Å². The van der Waals surface area contributed by atoms with Gasteiger partial charge >= 0.3 is 5.97 Å². The van der Waals surface area contributed by atoms with Crippen LogP contribution in [0.1, 0.15) is 11.6 Å². The van der Waals surface area contributed by atoms with E-state index in [9.17, 15) is 4.79 Å². The standard InChI is InChI=1S/C12H11Cl2NO2/c1-3-6-15-11(12(16)17-2)9-5-4-8(13)7-10(9)14/h1,4-5,7,11,15H,6H2,2H3. The van der Waals surface area contributed by atoms with Crippen LogP contribution in [0.15, 0.2) is 18.2 Å². The Bertz CT molecular complexity index is 454. The maximum atomic E-state index is 11.6. The molecule has 1 aromatic carbocycles. The first-order chi connectivity index (χ1) is 8.10. The van der Waals surface area contributed by atoms with E-state index in [-0.39, 0.29) is 6.54 Å². The monoisotopic (exact) mass is 271 g/mol. The third kappa shape index (κ3) is 3.64. The summed E-state index contributed by atoms with van der Waals surface area (Å²) in [5.74, 6) is 1.94. The Morgan fingerprint density at radius 1 is 1.59 bits per heavy atom. The van der Waals surface area contributed by atoms with Gasteiger partial charge in [-0.25, -0.2) is 4.79 Å². The van der Waals surface area contributed by atoms with E-state index in [0.29, 0.717) is 15.6 Å². The molecule has 5 heteroatoms. The van der Waals surface area contributed by atoms with Gasteiger partial charge in [0.15, 0.2) is 0 Å². The number of halogens is 2.